The molecule has 3 unspecified atom stereocenters. The summed E-state index contributed by atoms with van der Waals surface area (Å²) in [5.74, 6) is 2.03. The Kier molecular flexibility index (Phi) is 4.69. The Labute approximate surface area is 131 Å². The minimum atomic E-state index is -0.163. The maximum absolute atomic E-state index is 10.1. The molecule has 0 saturated heterocycles. The Morgan fingerprint density at radius 2 is 2.18 bits per heavy atom. The van der Waals surface area contributed by atoms with Crippen LogP contribution in [0.25, 0.3) is 11.0 Å². The van der Waals surface area contributed by atoms with Gasteiger partial charge in [-0.1, -0.05) is 25.0 Å². The van der Waals surface area contributed by atoms with E-state index in [0.717, 1.165) is 48.3 Å². The van der Waals surface area contributed by atoms with Gasteiger partial charge in [-0.15, -0.1) is 0 Å². The van der Waals surface area contributed by atoms with Gasteiger partial charge in [0.15, 0.2) is 11.3 Å². The van der Waals surface area contributed by atoms with Gasteiger partial charge in [0.05, 0.1) is 19.3 Å². The van der Waals surface area contributed by atoms with E-state index in [1.165, 1.54) is 6.42 Å². The van der Waals surface area contributed by atoms with Crippen LogP contribution in [0, 0.1) is 5.92 Å². The molecule has 2 N–H and O–H groups in total. The van der Waals surface area contributed by atoms with Crippen molar-refractivity contribution in [3.8, 4) is 5.75 Å². The van der Waals surface area contributed by atoms with Gasteiger partial charge in [0.2, 0.25) is 0 Å². The van der Waals surface area contributed by atoms with Gasteiger partial charge in [-0.2, -0.15) is 0 Å². The summed E-state index contributed by atoms with van der Waals surface area (Å²) in [5.41, 5.74) is 0.798. The fourth-order valence-electron chi connectivity index (χ4n) is 3.29. The Balaban J connectivity index is 1.68. The van der Waals surface area contributed by atoms with Crippen molar-refractivity contribution in [2.24, 2.45) is 5.92 Å². The standard InChI is InChI=1S/C18H25NO3/c1-12(19-11-14-6-3-4-8-15(14)20)17-10-13-7-5-9-16(21-2)18(13)22-17/h5,7,9-10,12,14-15,19-20H,3-4,6,8,11H2,1-2H3. The maximum atomic E-state index is 10.1. The highest BCUT2D eigenvalue weighted by molar-refractivity contribution is 5.83. The van der Waals surface area contributed by atoms with Crippen molar-refractivity contribution >= 4 is 11.0 Å². The molecule has 1 aliphatic rings. The lowest BCUT2D eigenvalue weighted by Gasteiger charge is -2.28. The number of ether oxygens (including phenoxy) is 1. The molecule has 22 heavy (non-hydrogen) atoms. The van der Waals surface area contributed by atoms with Gasteiger partial charge >= 0.3 is 0 Å². The van der Waals surface area contributed by atoms with E-state index >= 15 is 0 Å². The summed E-state index contributed by atoms with van der Waals surface area (Å²) >= 11 is 0. The van der Waals surface area contributed by atoms with E-state index in [2.05, 4.69) is 18.3 Å². The van der Waals surface area contributed by atoms with E-state index in [0.29, 0.717) is 5.92 Å². The second kappa shape index (κ2) is 6.71. The fraction of sp³-hybridized carbons (Fsp3) is 0.556. The van der Waals surface area contributed by atoms with Gasteiger partial charge in [-0.25, -0.2) is 0 Å². The first kappa shape index (κ1) is 15.4. The van der Waals surface area contributed by atoms with Gasteiger partial charge in [0.1, 0.15) is 5.76 Å². The van der Waals surface area contributed by atoms with E-state index in [9.17, 15) is 5.11 Å². The summed E-state index contributed by atoms with van der Waals surface area (Å²) in [4.78, 5) is 0. The third-order valence-corrected chi connectivity index (χ3v) is 4.73. The molecule has 1 saturated carbocycles. The van der Waals surface area contributed by atoms with Crippen molar-refractivity contribution in [2.45, 2.75) is 44.8 Å². The van der Waals surface area contributed by atoms with Crippen molar-refractivity contribution in [3.05, 3.63) is 30.0 Å². The lowest BCUT2D eigenvalue weighted by molar-refractivity contribution is 0.0680. The molecule has 1 aromatic carbocycles. The summed E-state index contributed by atoms with van der Waals surface area (Å²) in [6.07, 6.45) is 4.25. The summed E-state index contributed by atoms with van der Waals surface area (Å²) < 4.78 is 11.3. The molecule has 0 aliphatic heterocycles. The van der Waals surface area contributed by atoms with E-state index in [4.69, 9.17) is 9.15 Å². The highest BCUT2D eigenvalue weighted by Gasteiger charge is 2.23. The molecule has 0 radical (unpaired) electrons. The Morgan fingerprint density at radius 3 is 2.95 bits per heavy atom. The number of aliphatic hydroxyl groups is 1. The van der Waals surface area contributed by atoms with Crippen LogP contribution in [0.1, 0.15) is 44.4 Å². The summed E-state index contributed by atoms with van der Waals surface area (Å²) in [5, 5.41) is 14.6. The van der Waals surface area contributed by atoms with Gasteiger partial charge in [-0.05, 0) is 37.8 Å². The summed E-state index contributed by atoms with van der Waals surface area (Å²) in [7, 11) is 1.66. The topological polar surface area (TPSA) is 54.6 Å². The molecule has 4 nitrogen and oxygen atoms in total. The number of hydrogen-bond acceptors (Lipinski definition) is 4. The molecule has 3 atom stereocenters. The Bertz CT molecular complexity index is 622. The number of rotatable bonds is 5. The molecular weight excluding hydrogens is 278 g/mol. The summed E-state index contributed by atoms with van der Waals surface area (Å²) in [6.45, 7) is 2.93. The van der Waals surface area contributed by atoms with Crippen LogP contribution in [0.4, 0.5) is 0 Å². The predicted octanol–water partition coefficient (Wildman–Crippen LogP) is 3.64. The van der Waals surface area contributed by atoms with E-state index in [1.807, 2.05) is 18.2 Å². The molecule has 1 aromatic heterocycles. The van der Waals surface area contributed by atoms with Crippen molar-refractivity contribution < 1.29 is 14.3 Å². The molecule has 1 fully saturated rings. The molecule has 120 valence electrons. The molecule has 0 spiro atoms. The smallest absolute Gasteiger partial charge is 0.176 e. The zero-order valence-electron chi connectivity index (χ0n) is 13.3. The maximum Gasteiger partial charge on any atom is 0.176 e. The number of fused-ring (bicyclic) bond motifs is 1. The molecule has 4 heteroatoms. The first-order valence-electron chi connectivity index (χ1n) is 8.17. The minimum Gasteiger partial charge on any atom is -0.493 e. The summed E-state index contributed by atoms with van der Waals surface area (Å²) in [6, 6.07) is 8.09. The molecule has 0 amide bonds. The second-order valence-electron chi connectivity index (χ2n) is 6.27. The van der Waals surface area contributed by atoms with Crippen LogP contribution in [-0.4, -0.2) is 24.9 Å². The zero-order chi connectivity index (χ0) is 15.5. The van der Waals surface area contributed by atoms with Crippen molar-refractivity contribution in [3.63, 3.8) is 0 Å². The number of hydrogen-bond donors (Lipinski definition) is 2. The van der Waals surface area contributed by atoms with Gasteiger partial charge in [0.25, 0.3) is 0 Å². The predicted molar refractivity (Wildman–Crippen MR) is 87.1 cm³/mol. The first-order valence-corrected chi connectivity index (χ1v) is 8.17. The average molecular weight is 303 g/mol. The number of benzene rings is 1. The van der Waals surface area contributed by atoms with Crippen LogP contribution in [-0.2, 0) is 0 Å². The highest BCUT2D eigenvalue weighted by atomic mass is 16.5. The number of furan rings is 1. The average Bonchev–Trinajstić information content (AvgIpc) is 2.98. The van der Waals surface area contributed by atoms with Gasteiger partial charge in [0, 0.05) is 11.9 Å². The third kappa shape index (κ3) is 3.13. The van der Waals surface area contributed by atoms with Crippen LogP contribution >= 0.6 is 0 Å². The molecule has 1 aliphatic carbocycles. The molecule has 2 aromatic rings. The normalized spacial score (nSPS) is 23.6. The van der Waals surface area contributed by atoms with Crippen LogP contribution in [0.3, 0.4) is 0 Å². The fourth-order valence-corrected chi connectivity index (χ4v) is 3.29. The Hall–Kier alpha value is -1.52. The molecular formula is C18H25NO3. The highest BCUT2D eigenvalue weighted by Crippen LogP contribution is 2.31. The molecule has 0 bridgehead atoms. The van der Waals surface area contributed by atoms with Crippen molar-refractivity contribution in [2.75, 3.05) is 13.7 Å². The van der Waals surface area contributed by atoms with Gasteiger partial charge < -0.3 is 19.6 Å². The zero-order valence-corrected chi connectivity index (χ0v) is 13.3. The number of para-hydroxylation sites is 1. The Morgan fingerprint density at radius 1 is 1.36 bits per heavy atom. The van der Waals surface area contributed by atoms with Crippen LogP contribution < -0.4 is 10.1 Å². The number of aliphatic hydroxyl groups excluding tert-OH is 1. The SMILES string of the molecule is COc1cccc2cc(C(C)NCC3CCCCC3O)oc12. The quantitative estimate of drug-likeness (QED) is 0.885. The first-order chi connectivity index (χ1) is 10.7. The largest absolute Gasteiger partial charge is 0.493 e. The minimum absolute atomic E-state index is 0.117. The van der Waals surface area contributed by atoms with E-state index in [1.54, 1.807) is 7.11 Å². The van der Waals surface area contributed by atoms with Crippen molar-refractivity contribution in [1.82, 2.24) is 5.32 Å². The van der Waals surface area contributed by atoms with Crippen LogP contribution in [0.2, 0.25) is 0 Å². The van der Waals surface area contributed by atoms with Crippen LogP contribution in [0.5, 0.6) is 5.75 Å². The molecule has 1 heterocycles. The van der Waals surface area contributed by atoms with E-state index < -0.39 is 0 Å². The third-order valence-electron chi connectivity index (χ3n) is 4.73. The van der Waals surface area contributed by atoms with Gasteiger partial charge in [-0.3, -0.25) is 0 Å². The van der Waals surface area contributed by atoms with Crippen molar-refractivity contribution in [1.29, 1.82) is 0 Å². The van der Waals surface area contributed by atoms with E-state index in [-0.39, 0.29) is 12.1 Å². The second-order valence-corrected chi connectivity index (χ2v) is 6.27. The van der Waals surface area contributed by atoms with Crippen LogP contribution in [0.15, 0.2) is 28.7 Å². The number of nitrogens with one attached hydrogen (secondary N) is 1. The number of methoxy groups -OCH3 is 1. The monoisotopic (exact) mass is 303 g/mol. The molecule has 3 rings (SSSR count). The lowest BCUT2D eigenvalue weighted by atomic mass is 9.86. The lowest BCUT2D eigenvalue weighted by Crippen LogP contribution is -2.34.